The van der Waals surface area contributed by atoms with Crippen molar-refractivity contribution in [3.63, 3.8) is 0 Å². The number of ether oxygens (including phenoxy) is 1. The molecule has 5 rings (SSSR count). The molecule has 0 radical (unpaired) electrons. The molecule has 0 fully saturated rings. The van der Waals surface area contributed by atoms with Gasteiger partial charge in [0.25, 0.3) is 0 Å². The van der Waals surface area contributed by atoms with Crippen LogP contribution in [0.15, 0.2) is 128 Å². The van der Waals surface area contributed by atoms with E-state index in [0.29, 0.717) is 27.4 Å². The highest BCUT2D eigenvalue weighted by molar-refractivity contribution is 6.30. The maximum atomic E-state index is 13.3. The van der Waals surface area contributed by atoms with Crippen LogP contribution in [0.2, 0.25) is 5.02 Å². The molecule has 0 aliphatic carbocycles. The van der Waals surface area contributed by atoms with E-state index < -0.39 is 12.1 Å². The summed E-state index contributed by atoms with van der Waals surface area (Å²) in [4.78, 5) is 26.3. The van der Waals surface area contributed by atoms with Gasteiger partial charge in [-0.25, -0.2) is 9.48 Å². The van der Waals surface area contributed by atoms with Gasteiger partial charge in [0.2, 0.25) is 5.78 Å². The van der Waals surface area contributed by atoms with Gasteiger partial charge in [-0.3, -0.25) is 4.79 Å². The zero-order valence-electron chi connectivity index (χ0n) is 20.3. The van der Waals surface area contributed by atoms with Gasteiger partial charge >= 0.3 is 5.97 Å². The van der Waals surface area contributed by atoms with Crippen molar-refractivity contribution in [2.45, 2.75) is 6.10 Å². The minimum atomic E-state index is -1.07. The molecule has 186 valence electrons. The van der Waals surface area contributed by atoms with Crippen LogP contribution in [0.5, 0.6) is 0 Å². The van der Waals surface area contributed by atoms with Crippen molar-refractivity contribution in [2.75, 3.05) is 0 Å². The first-order valence-corrected chi connectivity index (χ1v) is 12.4. The van der Waals surface area contributed by atoms with Crippen LogP contribution in [-0.4, -0.2) is 21.5 Å². The number of aromatic nitrogens is 2. The van der Waals surface area contributed by atoms with Crippen molar-refractivity contribution in [2.24, 2.45) is 0 Å². The van der Waals surface area contributed by atoms with Gasteiger partial charge in [0.15, 0.2) is 6.10 Å². The highest BCUT2D eigenvalue weighted by atomic mass is 35.5. The molecule has 1 aromatic heterocycles. The number of carbonyl (C=O) groups excluding carboxylic acids is 2. The minimum absolute atomic E-state index is 0.294. The lowest BCUT2D eigenvalue weighted by molar-refractivity contribution is -0.141. The number of Topliss-reactive ketones (excluding diaryl/α,β-unsaturated/α-hetero) is 1. The van der Waals surface area contributed by atoms with E-state index in [0.717, 1.165) is 11.3 Å². The van der Waals surface area contributed by atoms with E-state index in [-0.39, 0.29) is 5.78 Å². The van der Waals surface area contributed by atoms with Crippen molar-refractivity contribution in [3.05, 3.63) is 149 Å². The molecular formula is C32H23ClN2O3. The first kappa shape index (κ1) is 24.9. The molecular weight excluding hydrogens is 496 g/mol. The van der Waals surface area contributed by atoms with E-state index in [9.17, 15) is 9.59 Å². The third kappa shape index (κ3) is 5.80. The van der Waals surface area contributed by atoms with Gasteiger partial charge in [0, 0.05) is 39.5 Å². The molecule has 0 unspecified atom stereocenters. The van der Waals surface area contributed by atoms with Crippen molar-refractivity contribution < 1.29 is 14.3 Å². The Kier molecular flexibility index (Phi) is 7.57. The molecule has 0 aliphatic rings. The van der Waals surface area contributed by atoms with Crippen LogP contribution in [0, 0.1) is 0 Å². The SMILES string of the molecule is O=C(/C=C/c1cn(-c2ccccc2)nc1-c1ccc(Cl)cc1)O[C@@H](C(=O)c1ccccc1)c1ccccc1. The lowest BCUT2D eigenvalue weighted by atomic mass is 10.00. The largest absolute Gasteiger partial charge is 0.446 e. The molecule has 0 amide bonds. The van der Waals surface area contributed by atoms with Crippen LogP contribution in [-0.2, 0) is 9.53 Å². The number of ketones is 1. The molecule has 0 bridgehead atoms. The summed E-state index contributed by atoms with van der Waals surface area (Å²) in [6, 6.07) is 34.8. The first-order valence-electron chi connectivity index (χ1n) is 12.0. The predicted molar refractivity (Wildman–Crippen MR) is 149 cm³/mol. The Bertz CT molecular complexity index is 1560. The second-order valence-electron chi connectivity index (χ2n) is 8.51. The third-order valence-electron chi connectivity index (χ3n) is 5.91. The lowest BCUT2D eigenvalue weighted by Gasteiger charge is -2.16. The number of para-hydroxylation sites is 1. The van der Waals surface area contributed by atoms with Crippen molar-refractivity contribution in [3.8, 4) is 16.9 Å². The molecule has 0 saturated carbocycles. The standard InChI is InChI=1S/C32H23ClN2O3/c33-27-19-16-23(17-20-27)30-26(22-35(34-30)28-14-8-3-9-15-28)18-21-29(36)38-32(25-12-6-2-7-13-25)31(37)24-10-4-1-5-11-24/h1-22,32H/b21-18+/t32-/m1/s1. The van der Waals surface area contributed by atoms with Crippen LogP contribution < -0.4 is 0 Å². The molecule has 1 atom stereocenters. The van der Waals surface area contributed by atoms with Crippen molar-refractivity contribution in [1.29, 1.82) is 0 Å². The number of nitrogens with zero attached hydrogens (tertiary/aromatic N) is 2. The maximum Gasteiger partial charge on any atom is 0.331 e. The summed E-state index contributed by atoms with van der Waals surface area (Å²) in [5.74, 6) is -0.935. The Morgan fingerprint density at radius 1 is 0.789 bits per heavy atom. The third-order valence-corrected chi connectivity index (χ3v) is 6.16. The van der Waals surface area contributed by atoms with E-state index in [4.69, 9.17) is 21.4 Å². The molecule has 0 saturated heterocycles. The van der Waals surface area contributed by atoms with Crippen LogP contribution >= 0.6 is 11.6 Å². The normalized spacial score (nSPS) is 11.8. The zero-order valence-corrected chi connectivity index (χ0v) is 21.0. The molecule has 1 heterocycles. The number of hydrogen-bond acceptors (Lipinski definition) is 4. The fourth-order valence-electron chi connectivity index (χ4n) is 4.02. The summed E-state index contributed by atoms with van der Waals surface area (Å²) >= 11 is 6.08. The number of halogens is 1. The molecule has 5 nitrogen and oxygen atoms in total. The Labute approximate surface area is 225 Å². The average Bonchev–Trinajstić information content (AvgIpc) is 3.40. The van der Waals surface area contributed by atoms with E-state index in [1.807, 2.05) is 60.8 Å². The molecule has 0 aliphatic heterocycles. The van der Waals surface area contributed by atoms with Gasteiger partial charge in [-0.05, 0) is 30.3 Å². The predicted octanol–water partition coefficient (Wildman–Crippen LogP) is 7.37. The quantitative estimate of drug-likeness (QED) is 0.122. The lowest BCUT2D eigenvalue weighted by Crippen LogP contribution is -2.19. The van der Waals surface area contributed by atoms with Gasteiger partial charge in [0.1, 0.15) is 0 Å². The first-order chi connectivity index (χ1) is 18.6. The van der Waals surface area contributed by atoms with E-state index in [1.54, 1.807) is 71.4 Å². The van der Waals surface area contributed by atoms with Crippen LogP contribution in [0.4, 0.5) is 0 Å². The fourth-order valence-corrected chi connectivity index (χ4v) is 4.15. The van der Waals surface area contributed by atoms with E-state index >= 15 is 0 Å². The fraction of sp³-hybridized carbons (Fsp3) is 0.0312. The van der Waals surface area contributed by atoms with E-state index in [1.165, 1.54) is 6.08 Å². The van der Waals surface area contributed by atoms with Gasteiger partial charge in [-0.1, -0.05) is 103 Å². The van der Waals surface area contributed by atoms with Gasteiger partial charge < -0.3 is 4.74 Å². The Morgan fingerprint density at radius 3 is 2.05 bits per heavy atom. The second-order valence-corrected chi connectivity index (χ2v) is 8.95. The highest BCUT2D eigenvalue weighted by Crippen LogP contribution is 2.27. The summed E-state index contributed by atoms with van der Waals surface area (Å²) in [7, 11) is 0. The maximum absolute atomic E-state index is 13.3. The van der Waals surface area contributed by atoms with Crippen LogP contribution in [0.25, 0.3) is 23.0 Å². The molecule has 38 heavy (non-hydrogen) atoms. The van der Waals surface area contributed by atoms with Gasteiger partial charge in [-0.2, -0.15) is 5.10 Å². The molecule has 0 spiro atoms. The summed E-state index contributed by atoms with van der Waals surface area (Å²) in [5.41, 5.74) is 4.17. The minimum Gasteiger partial charge on any atom is -0.446 e. The second kappa shape index (κ2) is 11.5. The monoisotopic (exact) mass is 518 g/mol. The average molecular weight is 519 g/mol. The van der Waals surface area contributed by atoms with E-state index in [2.05, 4.69) is 0 Å². The molecule has 4 aromatic carbocycles. The summed E-state index contributed by atoms with van der Waals surface area (Å²) in [6.07, 6.45) is 3.74. The number of hydrogen-bond donors (Lipinski definition) is 0. The Balaban J connectivity index is 1.44. The highest BCUT2D eigenvalue weighted by Gasteiger charge is 2.25. The smallest absolute Gasteiger partial charge is 0.331 e. The summed E-state index contributed by atoms with van der Waals surface area (Å²) < 4.78 is 7.46. The number of rotatable bonds is 8. The molecule has 5 aromatic rings. The summed E-state index contributed by atoms with van der Waals surface area (Å²) in [6.45, 7) is 0. The molecule has 0 N–H and O–H groups in total. The number of esters is 1. The van der Waals surface area contributed by atoms with Crippen molar-refractivity contribution in [1.82, 2.24) is 9.78 Å². The summed E-state index contributed by atoms with van der Waals surface area (Å²) in [5, 5.41) is 5.37. The van der Waals surface area contributed by atoms with Crippen LogP contribution in [0.1, 0.15) is 27.6 Å². The topological polar surface area (TPSA) is 61.2 Å². The van der Waals surface area contributed by atoms with Crippen LogP contribution in [0.3, 0.4) is 0 Å². The number of carbonyl (C=O) groups is 2. The Morgan fingerprint density at radius 2 is 1.39 bits per heavy atom. The zero-order chi connectivity index (χ0) is 26.3. The van der Waals surface area contributed by atoms with Crippen molar-refractivity contribution >= 4 is 29.4 Å². The Hall–Kier alpha value is -4.74. The van der Waals surface area contributed by atoms with Gasteiger partial charge in [0.05, 0.1) is 11.4 Å². The number of benzene rings is 4. The van der Waals surface area contributed by atoms with Gasteiger partial charge in [-0.15, -0.1) is 0 Å². The molecule has 6 heteroatoms.